The molecule has 3 fully saturated rings. The van der Waals surface area contributed by atoms with Gasteiger partial charge in [0.2, 0.25) is 0 Å². The summed E-state index contributed by atoms with van der Waals surface area (Å²) in [6.07, 6.45) is 7.60. The van der Waals surface area contributed by atoms with Crippen molar-refractivity contribution in [2.24, 2.45) is 44.8 Å². The van der Waals surface area contributed by atoms with Crippen molar-refractivity contribution in [3.63, 3.8) is 0 Å². The molecule has 0 bridgehead atoms. The van der Waals surface area contributed by atoms with Crippen LogP contribution in [0.1, 0.15) is 92.9 Å². The van der Waals surface area contributed by atoms with Gasteiger partial charge in [-0.2, -0.15) is 5.26 Å². The van der Waals surface area contributed by atoms with E-state index in [4.69, 9.17) is 4.74 Å². The Balaban J connectivity index is 1.68. The maximum absolute atomic E-state index is 14.3. The summed E-state index contributed by atoms with van der Waals surface area (Å²) in [7, 11) is 1.47. The number of fused-ring (bicyclic) bond motifs is 7. The number of ketones is 1. The average Bonchev–Trinajstić information content (AvgIpc) is 2.82. The molecule has 37 heavy (non-hydrogen) atoms. The second-order valence-electron chi connectivity index (χ2n) is 14.6. The molecule has 8 atom stereocenters. The summed E-state index contributed by atoms with van der Waals surface area (Å²) < 4.78 is 5.39. The molecule has 202 valence electrons. The van der Waals surface area contributed by atoms with Crippen molar-refractivity contribution in [3.05, 3.63) is 23.0 Å². The number of ether oxygens (including phenoxy) is 1. The molecule has 5 aliphatic carbocycles. The van der Waals surface area contributed by atoms with Crippen LogP contribution in [-0.2, 0) is 14.3 Å². The molecule has 6 nitrogen and oxygen atoms in total. The van der Waals surface area contributed by atoms with Gasteiger partial charge >= 0.3 is 5.97 Å². The van der Waals surface area contributed by atoms with Gasteiger partial charge in [-0.1, -0.05) is 40.2 Å². The first-order valence-electron chi connectivity index (χ1n) is 13.9. The number of carbonyl (C=O) groups is 2. The van der Waals surface area contributed by atoms with Gasteiger partial charge in [-0.25, -0.2) is 0 Å². The lowest BCUT2D eigenvalue weighted by Crippen LogP contribution is -2.66. The molecule has 0 saturated heterocycles. The molecular weight excluding hydrogens is 466 g/mol. The zero-order valence-corrected chi connectivity index (χ0v) is 23.5. The predicted molar refractivity (Wildman–Crippen MR) is 139 cm³/mol. The molecule has 0 amide bonds. The summed E-state index contributed by atoms with van der Waals surface area (Å²) in [6.45, 7) is 12.7. The number of nitriles is 1. The molecular formula is C31H43NO5. The highest BCUT2D eigenvalue weighted by Crippen LogP contribution is 2.74. The fourth-order valence-corrected chi connectivity index (χ4v) is 10.1. The predicted octanol–water partition coefficient (Wildman–Crippen LogP) is 5.81. The van der Waals surface area contributed by atoms with Crippen LogP contribution in [0.15, 0.2) is 23.0 Å². The Labute approximate surface area is 221 Å². The third kappa shape index (κ3) is 3.13. The SMILES string of the molecule is COC(=O)[C@]12CCC(C)(C)C[C@H]1[C@H]1C(=O)C=C3[C@@]4(C)CC(C#N)=C(O)[C@](C)(O)[C@@H]4CC[C@@]3(C)[C@]1(C)CC2. The number of hydrogen-bond donors (Lipinski definition) is 2. The van der Waals surface area contributed by atoms with Gasteiger partial charge in [0, 0.05) is 17.3 Å². The summed E-state index contributed by atoms with van der Waals surface area (Å²) in [5.74, 6) is -0.973. The van der Waals surface area contributed by atoms with E-state index in [1.54, 1.807) is 6.92 Å². The van der Waals surface area contributed by atoms with Gasteiger partial charge in [0.15, 0.2) is 5.78 Å². The number of rotatable bonds is 1. The van der Waals surface area contributed by atoms with Gasteiger partial charge in [-0.3, -0.25) is 9.59 Å². The third-order valence-corrected chi connectivity index (χ3v) is 12.4. The van der Waals surface area contributed by atoms with E-state index in [1.807, 2.05) is 6.08 Å². The number of esters is 1. The van der Waals surface area contributed by atoms with E-state index in [9.17, 15) is 25.1 Å². The number of allylic oxidation sites excluding steroid dienone is 3. The molecule has 6 heteroatoms. The molecule has 2 N–H and O–H groups in total. The molecule has 5 aliphatic rings. The molecule has 0 spiro atoms. The minimum atomic E-state index is -1.53. The first-order chi connectivity index (χ1) is 17.0. The van der Waals surface area contributed by atoms with E-state index in [2.05, 4.69) is 40.7 Å². The minimum Gasteiger partial charge on any atom is -0.508 e. The number of aliphatic hydroxyl groups excluding tert-OH is 1. The summed E-state index contributed by atoms with van der Waals surface area (Å²) >= 11 is 0. The quantitative estimate of drug-likeness (QED) is 0.432. The monoisotopic (exact) mass is 509 g/mol. The maximum Gasteiger partial charge on any atom is 0.312 e. The van der Waals surface area contributed by atoms with Gasteiger partial charge < -0.3 is 14.9 Å². The fraction of sp³-hybridized carbons (Fsp3) is 0.774. The highest BCUT2D eigenvalue weighted by Gasteiger charge is 2.71. The topological polar surface area (TPSA) is 108 Å². The molecule has 0 unspecified atom stereocenters. The van der Waals surface area contributed by atoms with Crippen molar-refractivity contribution in [1.82, 2.24) is 0 Å². The average molecular weight is 510 g/mol. The van der Waals surface area contributed by atoms with E-state index in [-0.39, 0.29) is 57.1 Å². The number of methoxy groups -OCH3 is 1. The molecule has 0 aliphatic heterocycles. The van der Waals surface area contributed by atoms with E-state index in [1.165, 1.54) is 7.11 Å². The zero-order chi connectivity index (χ0) is 27.4. The third-order valence-electron chi connectivity index (χ3n) is 12.4. The van der Waals surface area contributed by atoms with Crippen molar-refractivity contribution in [2.45, 2.75) is 98.5 Å². The van der Waals surface area contributed by atoms with Crippen LogP contribution in [0.2, 0.25) is 0 Å². The van der Waals surface area contributed by atoms with Gasteiger partial charge in [-0.15, -0.1) is 0 Å². The van der Waals surface area contributed by atoms with E-state index < -0.39 is 16.4 Å². The molecule has 0 aromatic rings. The number of hydrogen-bond acceptors (Lipinski definition) is 6. The van der Waals surface area contributed by atoms with Crippen LogP contribution in [0.25, 0.3) is 0 Å². The van der Waals surface area contributed by atoms with Crippen LogP contribution in [0.5, 0.6) is 0 Å². The highest BCUT2D eigenvalue weighted by molar-refractivity contribution is 5.96. The van der Waals surface area contributed by atoms with Crippen LogP contribution < -0.4 is 0 Å². The Morgan fingerprint density at radius 3 is 2.35 bits per heavy atom. The maximum atomic E-state index is 14.3. The lowest BCUT2D eigenvalue weighted by molar-refractivity contribution is -0.193. The first-order valence-corrected chi connectivity index (χ1v) is 13.9. The Morgan fingerprint density at radius 2 is 1.73 bits per heavy atom. The van der Waals surface area contributed by atoms with E-state index in [0.717, 1.165) is 37.7 Å². The summed E-state index contributed by atoms with van der Waals surface area (Å²) in [6, 6.07) is 2.13. The first kappa shape index (κ1) is 26.5. The van der Waals surface area contributed by atoms with Crippen LogP contribution in [0, 0.1) is 56.2 Å². The molecule has 0 aromatic carbocycles. The molecule has 0 heterocycles. The molecule has 5 rings (SSSR count). The van der Waals surface area contributed by atoms with Crippen LogP contribution in [0.3, 0.4) is 0 Å². The Morgan fingerprint density at radius 1 is 1.08 bits per heavy atom. The van der Waals surface area contributed by atoms with Gasteiger partial charge in [-0.05, 0) is 86.5 Å². The van der Waals surface area contributed by atoms with Crippen LogP contribution in [-0.4, -0.2) is 34.7 Å². The van der Waals surface area contributed by atoms with E-state index >= 15 is 0 Å². The largest absolute Gasteiger partial charge is 0.508 e. The Kier molecular flexibility index (Phi) is 5.52. The smallest absolute Gasteiger partial charge is 0.312 e. The van der Waals surface area contributed by atoms with Gasteiger partial charge in [0.1, 0.15) is 11.4 Å². The van der Waals surface area contributed by atoms with Crippen LogP contribution >= 0.6 is 0 Å². The number of aliphatic hydroxyl groups is 2. The fourth-order valence-electron chi connectivity index (χ4n) is 10.1. The second-order valence-corrected chi connectivity index (χ2v) is 14.6. The normalized spacial score (nSPS) is 48.5. The van der Waals surface area contributed by atoms with Crippen molar-refractivity contribution in [1.29, 1.82) is 5.26 Å². The highest BCUT2D eigenvalue weighted by atomic mass is 16.5. The number of carbonyl (C=O) groups excluding carboxylic acids is 2. The molecule has 0 radical (unpaired) electrons. The minimum absolute atomic E-state index is 0.0430. The van der Waals surface area contributed by atoms with Crippen molar-refractivity contribution < 1.29 is 24.5 Å². The van der Waals surface area contributed by atoms with E-state index in [0.29, 0.717) is 19.3 Å². The summed E-state index contributed by atoms with van der Waals surface area (Å²) in [5, 5.41) is 32.0. The van der Waals surface area contributed by atoms with Gasteiger partial charge in [0.05, 0.1) is 24.2 Å². The summed E-state index contributed by atoms with van der Waals surface area (Å²) in [5.41, 5.74) is -2.20. The van der Waals surface area contributed by atoms with Crippen molar-refractivity contribution in [3.8, 4) is 6.07 Å². The van der Waals surface area contributed by atoms with Crippen molar-refractivity contribution in [2.75, 3.05) is 7.11 Å². The lowest BCUT2D eigenvalue weighted by Gasteiger charge is -2.69. The Bertz CT molecular complexity index is 1170. The van der Waals surface area contributed by atoms with Gasteiger partial charge in [0.25, 0.3) is 0 Å². The molecule has 3 saturated carbocycles. The van der Waals surface area contributed by atoms with Crippen molar-refractivity contribution >= 4 is 11.8 Å². The molecule has 0 aromatic heterocycles. The number of nitrogens with zero attached hydrogens (tertiary/aromatic N) is 1. The zero-order valence-electron chi connectivity index (χ0n) is 23.5. The standard InChI is InChI=1S/C31H43NO5/c1-26(2)10-12-31(25(35)37-7)13-11-29(5)23(19(31)16-26)20(33)14-22-27(3)15-18(17-32)24(34)30(6,36)21(27)8-9-28(22,29)4/h14,19,21,23,34,36H,8-13,15-16H2,1-7H3/t19-,21+,23-,27-,28+,29+,30+,31-/m0/s1. The second kappa shape index (κ2) is 7.72. The summed E-state index contributed by atoms with van der Waals surface area (Å²) in [4.78, 5) is 27.7. The van der Waals surface area contributed by atoms with Crippen LogP contribution in [0.4, 0.5) is 0 Å². The lowest BCUT2D eigenvalue weighted by atomic mass is 9.34. The Hall–Kier alpha value is -2.13.